The van der Waals surface area contributed by atoms with Crippen molar-refractivity contribution in [3.63, 3.8) is 0 Å². The first-order chi connectivity index (χ1) is 12.4. The second kappa shape index (κ2) is 8.39. The minimum atomic E-state index is 0. The van der Waals surface area contributed by atoms with Crippen LogP contribution >= 0.6 is 0 Å². The number of hydrogen-bond acceptors (Lipinski definition) is 2. The van der Waals surface area contributed by atoms with Crippen LogP contribution in [0.25, 0.3) is 17.2 Å². The maximum absolute atomic E-state index is 4.75. The summed E-state index contributed by atoms with van der Waals surface area (Å²) < 4.78 is 0. The van der Waals surface area contributed by atoms with Crippen LogP contribution in [-0.4, -0.2) is 17.2 Å². The second-order valence-electron chi connectivity index (χ2n) is 6.23. The molecular weight excluding hydrogens is 316 g/mol. The summed E-state index contributed by atoms with van der Waals surface area (Å²) in [6, 6.07) is 23.3. The van der Waals surface area contributed by atoms with E-state index in [2.05, 4.69) is 65.7 Å². The summed E-state index contributed by atoms with van der Waals surface area (Å²) >= 11 is 0. The lowest BCUT2D eigenvalue weighted by atomic mass is 9.94. The first kappa shape index (κ1) is 17.8. The summed E-state index contributed by atoms with van der Waals surface area (Å²) in [4.78, 5) is 8.99. The molecule has 0 bridgehead atoms. The summed E-state index contributed by atoms with van der Waals surface area (Å²) in [5.41, 5.74) is 7.20. The van der Waals surface area contributed by atoms with Crippen LogP contribution in [0, 0.1) is 0 Å². The Morgan fingerprint density at radius 1 is 0.769 bits per heavy atom. The lowest BCUT2D eigenvalue weighted by molar-refractivity contribution is 0.818. The highest BCUT2D eigenvalue weighted by molar-refractivity contribution is 6.15. The van der Waals surface area contributed by atoms with Crippen molar-refractivity contribution in [2.45, 2.75) is 20.3 Å². The molecule has 3 aromatic rings. The normalized spacial score (nSPS) is 15.2. The molecule has 0 saturated heterocycles. The third-order valence-electron chi connectivity index (χ3n) is 4.47. The molecule has 2 heteroatoms. The molecule has 0 atom stereocenters. The number of allylic oxidation sites excluding steroid dienone is 1. The van der Waals surface area contributed by atoms with E-state index in [0.717, 1.165) is 30.7 Å². The third-order valence-corrected chi connectivity index (χ3v) is 4.47. The van der Waals surface area contributed by atoms with E-state index in [-0.39, 0.29) is 7.43 Å². The van der Waals surface area contributed by atoms with Gasteiger partial charge in [-0.1, -0.05) is 62.0 Å². The van der Waals surface area contributed by atoms with E-state index in [1.165, 1.54) is 22.3 Å². The maximum Gasteiger partial charge on any atom is 0.0694 e. The van der Waals surface area contributed by atoms with E-state index in [1.54, 1.807) is 6.20 Å². The molecule has 1 aliphatic heterocycles. The molecule has 4 rings (SSSR count). The predicted molar refractivity (Wildman–Crippen MR) is 111 cm³/mol. The summed E-state index contributed by atoms with van der Waals surface area (Å²) in [5, 5.41) is 0. The maximum atomic E-state index is 4.75. The lowest BCUT2D eigenvalue weighted by Crippen LogP contribution is -2.11. The molecule has 0 fully saturated rings. The Bertz CT molecular complexity index is 892. The van der Waals surface area contributed by atoms with Crippen molar-refractivity contribution in [3.05, 3.63) is 95.8 Å². The molecule has 0 N–H and O–H groups in total. The topological polar surface area (TPSA) is 25.2 Å². The van der Waals surface area contributed by atoms with Crippen LogP contribution in [-0.2, 0) is 0 Å². The quantitative estimate of drug-likeness (QED) is 0.569. The smallest absolute Gasteiger partial charge is 0.0694 e. The van der Waals surface area contributed by atoms with Gasteiger partial charge >= 0.3 is 0 Å². The Kier molecular flexibility index (Phi) is 5.75. The summed E-state index contributed by atoms with van der Waals surface area (Å²) in [7, 11) is 0. The van der Waals surface area contributed by atoms with E-state index >= 15 is 0 Å². The fraction of sp³-hybridized carbons (Fsp3) is 0.167. The molecule has 0 aliphatic carbocycles. The average molecular weight is 340 g/mol. The lowest BCUT2D eigenvalue weighted by Gasteiger charge is -2.16. The van der Waals surface area contributed by atoms with Crippen molar-refractivity contribution in [2.75, 3.05) is 6.54 Å². The van der Waals surface area contributed by atoms with Gasteiger partial charge in [-0.2, -0.15) is 0 Å². The number of hydrogen-bond donors (Lipinski definition) is 0. The molecule has 1 aromatic heterocycles. The largest absolute Gasteiger partial charge is 0.284 e. The highest BCUT2D eigenvalue weighted by atomic mass is 14.8. The molecule has 130 valence electrons. The van der Waals surface area contributed by atoms with Crippen molar-refractivity contribution in [3.8, 4) is 11.1 Å². The van der Waals surface area contributed by atoms with Crippen LogP contribution in [0.2, 0.25) is 0 Å². The van der Waals surface area contributed by atoms with Crippen molar-refractivity contribution in [2.24, 2.45) is 4.99 Å². The molecule has 2 aromatic carbocycles. The summed E-state index contributed by atoms with van der Waals surface area (Å²) in [6.07, 6.45) is 8.14. The van der Waals surface area contributed by atoms with Crippen LogP contribution in [0.4, 0.5) is 0 Å². The number of nitrogens with zero attached hydrogens (tertiary/aromatic N) is 2. The molecule has 2 nitrogen and oxygen atoms in total. The molecule has 0 unspecified atom stereocenters. The fourth-order valence-corrected chi connectivity index (χ4v) is 3.20. The third kappa shape index (κ3) is 3.97. The van der Waals surface area contributed by atoms with Crippen LogP contribution in [0.5, 0.6) is 0 Å². The van der Waals surface area contributed by atoms with Gasteiger partial charge in [0.15, 0.2) is 0 Å². The highest BCUT2D eigenvalue weighted by Gasteiger charge is 2.14. The Morgan fingerprint density at radius 3 is 2.23 bits per heavy atom. The standard InChI is InChI=1S/C23H20N2.CH4/c1-2-6-19(7-3-1)20-12-10-18(11-13-20)16-21-8-5-15-25-23(21)22-9-4-14-24-17-22;/h1-4,6-7,9-14,16-17H,5,8,15H2;1H4/b21-16+;. The predicted octanol–water partition coefficient (Wildman–Crippen LogP) is 6.05. The average Bonchev–Trinajstić information content (AvgIpc) is 2.70. The SMILES string of the molecule is C.C(=C1/CCCN=C1c1cccnc1)/c1ccc(-c2ccccc2)cc1. The first-order valence-electron chi connectivity index (χ1n) is 8.71. The Morgan fingerprint density at radius 2 is 1.50 bits per heavy atom. The molecule has 0 radical (unpaired) electrons. The Labute approximate surface area is 156 Å². The number of benzene rings is 2. The van der Waals surface area contributed by atoms with Gasteiger partial charge in [0.2, 0.25) is 0 Å². The summed E-state index contributed by atoms with van der Waals surface area (Å²) in [6.45, 7) is 0.897. The number of aliphatic imine (C=N–C) groups is 1. The minimum absolute atomic E-state index is 0. The van der Waals surface area contributed by atoms with Crippen molar-refractivity contribution in [1.29, 1.82) is 0 Å². The van der Waals surface area contributed by atoms with Gasteiger partial charge in [-0.3, -0.25) is 9.98 Å². The molecule has 26 heavy (non-hydrogen) atoms. The van der Waals surface area contributed by atoms with E-state index in [0.29, 0.717) is 0 Å². The summed E-state index contributed by atoms with van der Waals surface area (Å²) in [5.74, 6) is 0. The first-order valence-corrected chi connectivity index (χ1v) is 8.71. The molecule has 0 amide bonds. The van der Waals surface area contributed by atoms with Gasteiger partial charge in [-0.15, -0.1) is 0 Å². The highest BCUT2D eigenvalue weighted by Crippen LogP contribution is 2.24. The van der Waals surface area contributed by atoms with Crippen molar-refractivity contribution >= 4 is 11.8 Å². The van der Waals surface area contributed by atoms with Crippen molar-refractivity contribution < 1.29 is 0 Å². The van der Waals surface area contributed by atoms with Crippen molar-refractivity contribution in [1.82, 2.24) is 4.98 Å². The molecule has 2 heterocycles. The number of aromatic nitrogens is 1. The van der Waals surface area contributed by atoms with E-state index in [1.807, 2.05) is 18.3 Å². The van der Waals surface area contributed by atoms with Gasteiger partial charge in [-0.25, -0.2) is 0 Å². The zero-order valence-electron chi connectivity index (χ0n) is 14.1. The Hall–Kier alpha value is -3.00. The monoisotopic (exact) mass is 340 g/mol. The van der Waals surface area contributed by atoms with E-state index in [9.17, 15) is 0 Å². The van der Waals surface area contributed by atoms with Gasteiger partial charge in [0.05, 0.1) is 5.71 Å². The van der Waals surface area contributed by atoms with E-state index < -0.39 is 0 Å². The minimum Gasteiger partial charge on any atom is -0.284 e. The number of pyridine rings is 1. The molecule has 0 saturated carbocycles. The van der Waals surface area contributed by atoms with Crippen LogP contribution in [0.1, 0.15) is 31.4 Å². The van der Waals surface area contributed by atoms with Gasteiger partial charge in [0.1, 0.15) is 0 Å². The van der Waals surface area contributed by atoms with Crippen LogP contribution in [0.15, 0.2) is 89.7 Å². The molecule has 1 aliphatic rings. The van der Waals surface area contributed by atoms with Crippen LogP contribution < -0.4 is 0 Å². The second-order valence-corrected chi connectivity index (χ2v) is 6.23. The zero-order chi connectivity index (χ0) is 16.9. The Balaban J connectivity index is 0.00000196. The molecular formula is C24H24N2. The van der Waals surface area contributed by atoms with Gasteiger partial charge in [0, 0.05) is 24.5 Å². The van der Waals surface area contributed by atoms with Crippen LogP contribution in [0.3, 0.4) is 0 Å². The van der Waals surface area contributed by atoms with E-state index in [4.69, 9.17) is 4.99 Å². The van der Waals surface area contributed by atoms with Gasteiger partial charge in [0.25, 0.3) is 0 Å². The van der Waals surface area contributed by atoms with Gasteiger partial charge < -0.3 is 0 Å². The van der Waals surface area contributed by atoms with Gasteiger partial charge in [-0.05, 0) is 53.3 Å². The number of rotatable bonds is 3. The zero-order valence-corrected chi connectivity index (χ0v) is 14.1. The molecule has 0 spiro atoms. The fourth-order valence-electron chi connectivity index (χ4n) is 3.20.